The molecule has 0 aliphatic carbocycles. The predicted octanol–water partition coefficient (Wildman–Crippen LogP) is 3.74. The molecule has 0 radical (unpaired) electrons. The average Bonchev–Trinajstić information content (AvgIpc) is 3.28. The summed E-state index contributed by atoms with van der Waals surface area (Å²) < 4.78 is 5.93. The number of benzene rings is 2. The second-order valence-corrected chi connectivity index (χ2v) is 8.11. The molecule has 3 N–H and O–H groups in total. The zero-order valence-corrected chi connectivity index (χ0v) is 17.7. The van der Waals surface area contributed by atoms with Gasteiger partial charge in [-0.05, 0) is 42.2 Å². The number of aromatic nitrogens is 2. The number of amides is 1. The molecule has 4 rings (SSSR count). The first-order valence-corrected chi connectivity index (χ1v) is 10.5. The number of carbonyl (C=O) groups excluding carboxylic acids is 1. The Balaban J connectivity index is 1.76. The van der Waals surface area contributed by atoms with Crippen molar-refractivity contribution in [1.29, 1.82) is 0 Å². The van der Waals surface area contributed by atoms with Crippen molar-refractivity contribution in [3.8, 4) is 22.8 Å². The molecule has 2 aromatic carbocycles. The number of rotatable bonds is 8. The lowest BCUT2D eigenvalue weighted by atomic mass is 9.95. The summed E-state index contributed by atoms with van der Waals surface area (Å²) in [5.74, 6) is 1.14. The standard InChI is InChI=1S/C24H27N3O4/c1-15(2)10-13-31-17-7-5-6-16(14-17)23-20-21(18-8-3-4-9-19(18)29)25-26-22(20)24(30)27(23)11-12-28/h3-9,14-15,23,28-29H,10-13H2,1-2H3,(H,25,26)/t23-/m0/s1. The van der Waals surface area contributed by atoms with Crippen LogP contribution in [0.5, 0.6) is 11.5 Å². The molecule has 1 aromatic heterocycles. The molecule has 162 valence electrons. The number of aliphatic hydroxyl groups is 1. The molecule has 1 aliphatic heterocycles. The van der Waals surface area contributed by atoms with Crippen molar-refractivity contribution in [2.24, 2.45) is 5.92 Å². The van der Waals surface area contributed by atoms with E-state index < -0.39 is 6.04 Å². The van der Waals surface area contributed by atoms with E-state index >= 15 is 0 Å². The summed E-state index contributed by atoms with van der Waals surface area (Å²) in [5.41, 5.74) is 3.01. The van der Waals surface area contributed by atoms with E-state index in [0.717, 1.165) is 17.7 Å². The third-order valence-corrected chi connectivity index (χ3v) is 5.50. The Morgan fingerprint density at radius 2 is 2.00 bits per heavy atom. The number of nitrogens with zero attached hydrogens (tertiary/aromatic N) is 2. The number of phenolic OH excluding ortho intramolecular Hbond substituents is 1. The van der Waals surface area contributed by atoms with E-state index in [1.807, 2.05) is 30.3 Å². The first-order valence-electron chi connectivity index (χ1n) is 10.5. The molecule has 7 nitrogen and oxygen atoms in total. The maximum atomic E-state index is 13.1. The first kappa shape index (κ1) is 20.9. The largest absolute Gasteiger partial charge is 0.507 e. The van der Waals surface area contributed by atoms with Crippen molar-refractivity contribution >= 4 is 5.91 Å². The molecule has 0 fully saturated rings. The smallest absolute Gasteiger partial charge is 0.273 e. The fraction of sp³-hybridized carbons (Fsp3) is 0.333. The van der Waals surface area contributed by atoms with Gasteiger partial charge < -0.3 is 19.8 Å². The molecular formula is C24H27N3O4. The Bertz CT molecular complexity index is 1080. The van der Waals surface area contributed by atoms with Crippen molar-refractivity contribution < 1.29 is 19.7 Å². The van der Waals surface area contributed by atoms with Gasteiger partial charge in [0.15, 0.2) is 0 Å². The summed E-state index contributed by atoms with van der Waals surface area (Å²) in [6.07, 6.45) is 0.950. The molecule has 7 heteroatoms. The molecule has 3 aromatic rings. The van der Waals surface area contributed by atoms with Crippen LogP contribution in [0.3, 0.4) is 0 Å². The van der Waals surface area contributed by atoms with Crippen LogP contribution in [0.1, 0.15) is 47.9 Å². The van der Waals surface area contributed by atoms with Crippen molar-refractivity contribution in [2.75, 3.05) is 19.8 Å². The Hall–Kier alpha value is -3.32. The van der Waals surface area contributed by atoms with Gasteiger partial charge in [0.05, 0.1) is 19.3 Å². The third kappa shape index (κ3) is 4.01. The fourth-order valence-corrected chi connectivity index (χ4v) is 3.95. The lowest BCUT2D eigenvalue weighted by molar-refractivity contribution is 0.0706. The highest BCUT2D eigenvalue weighted by molar-refractivity contribution is 6.00. The fourth-order valence-electron chi connectivity index (χ4n) is 3.95. The van der Waals surface area contributed by atoms with Crippen LogP contribution in [0.15, 0.2) is 48.5 Å². The average molecular weight is 421 g/mol. The lowest BCUT2D eigenvalue weighted by Crippen LogP contribution is -2.32. The lowest BCUT2D eigenvalue weighted by Gasteiger charge is -2.26. The minimum absolute atomic E-state index is 0.0920. The van der Waals surface area contributed by atoms with Crippen LogP contribution in [0, 0.1) is 5.92 Å². The van der Waals surface area contributed by atoms with Gasteiger partial charge in [0, 0.05) is 17.7 Å². The number of ether oxygens (including phenoxy) is 1. The Morgan fingerprint density at radius 3 is 2.74 bits per heavy atom. The summed E-state index contributed by atoms with van der Waals surface area (Å²) in [7, 11) is 0. The Labute approximate surface area is 181 Å². The molecular weight excluding hydrogens is 394 g/mol. The van der Waals surface area contributed by atoms with Gasteiger partial charge in [-0.25, -0.2) is 0 Å². The highest BCUT2D eigenvalue weighted by Gasteiger charge is 2.42. The van der Waals surface area contributed by atoms with Gasteiger partial charge in [0.25, 0.3) is 5.91 Å². The minimum Gasteiger partial charge on any atom is -0.507 e. The molecule has 0 saturated heterocycles. The second-order valence-electron chi connectivity index (χ2n) is 8.11. The van der Waals surface area contributed by atoms with Gasteiger partial charge in [-0.2, -0.15) is 5.10 Å². The molecule has 0 bridgehead atoms. The number of carbonyl (C=O) groups is 1. The van der Waals surface area contributed by atoms with E-state index in [0.29, 0.717) is 35.0 Å². The number of fused-ring (bicyclic) bond motifs is 1. The zero-order chi connectivity index (χ0) is 22.0. The summed E-state index contributed by atoms with van der Waals surface area (Å²) >= 11 is 0. The van der Waals surface area contributed by atoms with Crippen LogP contribution in [-0.2, 0) is 0 Å². The predicted molar refractivity (Wildman–Crippen MR) is 117 cm³/mol. The van der Waals surface area contributed by atoms with Crippen LogP contribution < -0.4 is 4.74 Å². The highest BCUT2D eigenvalue weighted by Crippen LogP contribution is 2.44. The van der Waals surface area contributed by atoms with Gasteiger partial charge in [-0.15, -0.1) is 0 Å². The quantitative estimate of drug-likeness (QED) is 0.515. The normalized spacial score (nSPS) is 15.5. The van der Waals surface area contributed by atoms with Crippen LogP contribution in [0.4, 0.5) is 0 Å². The number of β-amino-alcohol motifs (C(OH)–C–C–N with tert-alkyl or cyclic N) is 1. The van der Waals surface area contributed by atoms with E-state index in [4.69, 9.17) is 4.74 Å². The van der Waals surface area contributed by atoms with Crippen LogP contribution in [-0.4, -0.2) is 51.0 Å². The number of H-pyrrole nitrogens is 1. The number of hydrogen-bond donors (Lipinski definition) is 3. The maximum absolute atomic E-state index is 13.1. The number of aromatic amines is 1. The monoisotopic (exact) mass is 421 g/mol. The SMILES string of the molecule is CC(C)CCOc1cccc([C@H]2c3c(-c4ccccc4O)n[nH]c3C(=O)N2CCO)c1. The number of hydrogen-bond acceptors (Lipinski definition) is 5. The van der Waals surface area contributed by atoms with Crippen molar-refractivity contribution in [3.05, 3.63) is 65.4 Å². The molecule has 0 saturated carbocycles. The van der Waals surface area contributed by atoms with E-state index in [1.54, 1.807) is 23.1 Å². The topological polar surface area (TPSA) is 98.7 Å². The second kappa shape index (κ2) is 8.81. The van der Waals surface area contributed by atoms with Crippen LogP contribution in [0.2, 0.25) is 0 Å². The van der Waals surface area contributed by atoms with Crippen molar-refractivity contribution in [1.82, 2.24) is 15.1 Å². The van der Waals surface area contributed by atoms with E-state index in [2.05, 4.69) is 24.0 Å². The molecule has 1 amide bonds. The van der Waals surface area contributed by atoms with Gasteiger partial charge in [-0.3, -0.25) is 9.89 Å². The summed E-state index contributed by atoms with van der Waals surface area (Å²) in [5, 5.41) is 27.2. The van der Waals surface area contributed by atoms with Gasteiger partial charge in [-0.1, -0.05) is 38.1 Å². The number of nitrogens with one attached hydrogen (secondary N) is 1. The molecule has 31 heavy (non-hydrogen) atoms. The van der Waals surface area contributed by atoms with Crippen LogP contribution >= 0.6 is 0 Å². The molecule has 2 heterocycles. The van der Waals surface area contributed by atoms with Gasteiger partial charge >= 0.3 is 0 Å². The number of aliphatic hydroxyl groups excluding tert-OH is 1. The summed E-state index contributed by atoms with van der Waals surface area (Å²) in [6, 6.07) is 14.1. The van der Waals surface area contributed by atoms with Crippen molar-refractivity contribution in [2.45, 2.75) is 26.3 Å². The third-order valence-electron chi connectivity index (χ3n) is 5.50. The van der Waals surface area contributed by atoms with Crippen LogP contribution in [0.25, 0.3) is 11.3 Å². The highest BCUT2D eigenvalue weighted by atomic mass is 16.5. The van der Waals surface area contributed by atoms with Gasteiger partial charge in [0.2, 0.25) is 0 Å². The van der Waals surface area contributed by atoms with E-state index in [9.17, 15) is 15.0 Å². The first-order chi connectivity index (χ1) is 15.0. The summed E-state index contributed by atoms with van der Waals surface area (Å²) in [4.78, 5) is 14.7. The number of phenols is 1. The Kier molecular flexibility index (Phi) is 5.95. The van der Waals surface area contributed by atoms with E-state index in [-0.39, 0.29) is 24.8 Å². The Morgan fingerprint density at radius 1 is 1.19 bits per heavy atom. The minimum atomic E-state index is -0.448. The van der Waals surface area contributed by atoms with Crippen molar-refractivity contribution in [3.63, 3.8) is 0 Å². The van der Waals surface area contributed by atoms with Gasteiger partial charge in [0.1, 0.15) is 22.9 Å². The zero-order valence-electron chi connectivity index (χ0n) is 17.7. The molecule has 1 atom stereocenters. The molecule has 0 unspecified atom stereocenters. The number of para-hydroxylation sites is 1. The number of aromatic hydroxyl groups is 1. The maximum Gasteiger partial charge on any atom is 0.273 e. The summed E-state index contributed by atoms with van der Waals surface area (Å²) in [6.45, 7) is 4.95. The van der Waals surface area contributed by atoms with E-state index in [1.165, 1.54) is 0 Å². The molecule has 0 spiro atoms. The molecule has 1 aliphatic rings.